The summed E-state index contributed by atoms with van der Waals surface area (Å²) in [4.78, 5) is 12.7. The summed E-state index contributed by atoms with van der Waals surface area (Å²) in [6.07, 6.45) is 22.0. The van der Waals surface area contributed by atoms with E-state index in [1.54, 1.807) is 6.08 Å². The Morgan fingerprint density at radius 3 is 1.89 bits per heavy atom. The number of ether oxygens (including phenoxy) is 2. The van der Waals surface area contributed by atoms with E-state index >= 15 is 0 Å². The van der Waals surface area contributed by atoms with Gasteiger partial charge in [-0.05, 0) is 38.5 Å². The number of hydrogen-bond donors (Lipinski definition) is 6. The van der Waals surface area contributed by atoms with E-state index in [0.29, 0.717) is 6.42 Å². The third kappa shape index (κ3) is 18.4. The topological polar surface area (TPSA) is 149 Å². The van der Waals surface area contributed by atoms with Crippen LogP contribution in [0.15, 0.2) is 36.5 Å². The van der Waals surface area contributed by atoms with Gasteiger partial charge in [-0.15, -0.1) is 0 Å². The van der Waals surface area contributed by atoms with Crippen molar-refractivity contribution in [3.8, 4) is 0 Å². The van der Waals surface area contributed by atoms with Crippen LogP contribution in [0.1, 0.15) is 123 Å². The van der Waals surface area contributed by atoms with Gasteiger partial charge in [0.05, 0.1) is 25.4 Å². The molecule has 7 unspecified atom stereocenters. The third-order valence-corrected chi connectivity index (χ3v) is 7.95. The predicted molar refractivity (Wildman–Crippen MR) is 175 cm³/mol. The van der Waals surface area contributed by atoms with Crippen LogP contribution in [0.3, 0.4) is 0 Å². The third-order valence-electron chi connectivity index (χ3n) is 7.95. The highest BCUT2D eigenvalue weighted by molar-refractivity contribution is 5.76. The van der Waals surface area contributed by atoms with Crippen molar-refractivity contribution in [2.24, 2.45) is 0 Å². The van der Waals surface area contributed by atoms with E-state index in [0.717, 1.165) is 51.4 Å². The maximum atomic E-state index is 12.7. The Morgan fingerprint density at radius 2 is 1.30 bits per heavy atom. The quantitative estimate of drug-likeness (QED) is 0.0582. The number of carbonyl (C=O) groups is 1. The van der Waals surface area contributed by atoms with Crippen LogP contribution in [-0.2, 0) is 14.3 Å². The standard InChI is InChI=1S/C35H63NO8/c1-3-5-7-9-11-13-14-15-17-18-20-22-24-29(38)28(27-43-35-34(42)33(41)32(40)30(26-37)44-35)36-31(39)25-23-21-19-16-12-10-8-6-4-2/h9,11,15,17,22,24,28-30,32-35,37-38,40-42H,3-8,10,12-14,16,18-21,23,25-27H2,1-2H3,(H,36,39)/b11-9+,17-15+,24-22+. The van der Waals surface area contributed by atoms with Crippen molar-refractivity contribution in [2.45, 2.75) is 166 Å². The molecule has 0 saturated carbocycles. The molecule has 0 aromatic carbocycles. The van der Waals surface area contributed by atoms with Gasteiger partial charge in [0.2, 0.25) is 5.91 Å². The molecule has 1 fully saturated rings. The summed E-state index contributed by atoms with van der Waals surface area (Å²) in [5, 5.41) is 53.6. The average molecular weight is 626 g/mol. The van der Waals surface area contributed by atoms with Crippen molar-refractivity contribution < 1.29 is 39.8 Å². The minimum Gasteiger partial charge on any atom is -0.394 e. The summed E-state index contributed by atoms with van der Waals surface area (Å²) in [6, 6.07) is -0.820. The average Bonchev–Trinajstić information content (AvgIpc) is 3.02. The van der Waals surface area contributed by atoms with Crippen molar-refractivity contribution >= 4 is 5.91 Å². The first-order chi connectivity index (χ1) is 21.3. The fourth-order valence-corrected chi connectivity index (χ4v) is 5.05. The Kier molecular flexibility index (Phi) is 24.5. The molecule has 256 valence electrons. The first kappa shape index (κ1) is 40.4. The maximum absolute atomic E-state index is 12.7. The lowest BCUT2D eigenvalue weighted by Gasteiger charge is -2.40. The van der Waals surface area contributed by atoms with Gasteiger partial charge in [-0.2, -0.15) is 0 Å². The Morgan fingerprint density at radius 1 is 0.750 bits per heavy atom. The van der Waals surface area contributed by atoms with Crippen molar-refractivity contribution in [2.75, 3.05) is 13.2 Å². The minimum absolute atomic E-state index is 0.200. The molecule has 1 amide bonds. The molecule has 1 heterocycles. The summed E-state index contributed by atoms with van der Waals surface area (Å²) in [5.74, 6) is -0.200. The van der Waals surface area contributed by atoms with Crippen LogP contribution in [0.25, 0.3) is 0 Å². The second-order valence-corrected chi connectivity index (χ2v) is 11.9. The number of amides is 1. The Hall–Kier alpha value is -1.59. The second kappa shape index (κ2) is 26.6. The summed E-state index contributed by atoms with van der Waals surface area (Å²) in [6.45, 7) is 3.63. The zero-order chi connectivity index (χ0) is 32.4. The lowest BCUT2D eigenvalue weighted by Crippen LogP contribution is -2.60. The summed E-state index contributed by atoms with van der Waals surface area (Å²) >= 11 is 0. The molecular formula is C35H63NO8. The van der Waals surface area contributed by atoms with E-state index in [4.69, 9.17) is 9.47 Å². The SMILES string of the molecule is CCCC/C=C/CC/C=C/CC/C=C/C(O)C(COC1OC(CO)C(O)C(O)C1O)NC(=O)CCCCCCCCCCC. The molecule has 0 radical (unpaired) electrons. The van der Waals surface area contributed by atoms with E-state index in [2.05, 4.69) is 43.5 Å². The van der Waals surface area contributed by atoms with Crippen LogP contribution in [-0.4, -0.2) is 87.5 Å². The van der Waals surface area contributed by atoms with Gasteiger partial charge in [-0.25, -0.2) is 0 Å². The Bertz CT molecular complexity index is 787. The second-order valence-electron chi connectivity index (χ2n) is 11.9. The van der Waals surface area contributed by atoms with E-state index in [-0.39, 0.29) is 12.5 Å². The number of aliphatic hydroxyl groups is 5. The smallest absolute Gasteiger partial charge is 0.220 e. The lowest BCUT2D eigenvalue weighted by molar-refractivity contribution is -0.302. The molecule has 6 N–H and O–H groups in total. The number of nitrogens with one attached hydrogen (secondary N) is 1. The molecule has 0 aromatic heterocycles. The number of allylic oxidation sites excluding steroid dienone is 5. The van der Waals surface area contributed by atoms with Gasteiger partial charge in [-0.3, -0.25) is 4.79 Å². The number of rotatable bonds is 26. The summed E-state index contributed by atoms with van der Waals surface area (Å²) in [7, 11) is 0. The van der Waals surface area contributed by atoms with Crippen LogP contribution in [0.5, 0.6) is 0 Å². The van der Waals surface area contributed by atoms with Crippen LogP contribution in [0, 0.1) is 0 Å². The molecule has 1 aliphatic rings. The zero-order valence-electron chi connectivity index (χ0n) is 27.4. The van der Waals surface area contributed by atoms with Gasteiger partial charge < -0.3 is 40.3 Å². The van der Waals surface area contributed by atoms with Gasteiger partial charge in [-0.1, -0.05) is 115 Å². The monoisotopic (exact) mass is 625 g/mol. The van der Waals surface area contributed by atoms with Gasteiger partial charge >= 0.3 is 0 Å². The van der Waals surface area contributed by atoms with Gasteiger partial charge in [0.25, 0.3) is 0 Å². The van der Waals surface area contributed by atoms with Crippen LogP contribution >= 0.6 is 0 Å². The van der Waals surface area contributed by atoms with E-state index in [1.807, 2.05) is 6.08 Å². The maximum Gasteiger partial charge on any atom is 0.220 e. The highest BCUT2D eigenvalue weighted by Gasteiger charge is 2.44. The summed E-state index contributed by atoms with van der Waals surface area (Å²) < 4.78 is 11.1. The van der Waals surface area contributed by atoms with E-state index < -0.39 is 49.5 Å². The minimum atomic E-state index is -1.57. The van der Waals surface area contributed by atoms with Gasteiger partial charge in [0.15, 0.2) is 6.29 Å². The molecule has 0 spiro atoms. The molecule has 0 bridgehead atoms. The fraction of sp³-hybridized carbons (Fsp3) is 0.800. The summed E-state index contributed by atoms with van der Waals surface area (Å²) in [5.41, 5.74) is 0. The molecule has 9 heteroatoms. The normalized spacial score (nSPS) is 24.0. The fourth-order valence-electron chi connectivity index (χ4n) is 5.05. The van der Waals surface area contributed by atoms with Gasteiger partial charge in [0, 0.05) is 6.42 Å². The predicted octanol–water partition coefficient (Wildman–Crippen LogP) is 4.99. The van der Waals surface area contributed by atoms with Crippen LogP contribution < -0.4 is 5.32 Å². The highest BCUT2D eigenvalue weighted by atomic mass is 16.7. The lowest BCUT2D eigenvalue weighted by atomic mass is 9.99. The van der Waals surface area contributed by atoms with Crippen LogP contribution in [0.4, 0.5) is 0 Å². The molecule has 0 aliphatic carbocycles. The molecule has 1 saturated heterocycles. The first-order valence-corrected chi connectivity index (χ1v) is 17.2. The molecule has 1 aliphatic heterocycles. The molecular weight excluding hydrogens is 562 g/mol. The molecule has 44 heavy (non-hydrogen) atoms. The molecule has 9 nitrogen and oxygen atoms in total. The number of aliphatic hydroxyl groups excluding tert-OH is 5. The Balaban J connectivity index is 2.57. The molecule has 1 rings (SSSR count). The Labute approximate surface area is 266 Å². The number of hydrogen-bond acceptors (Lipinski definition) is 8. The first-order valence-electron chi connectivity index (χ1n) is 17.2. The number of unbranched alkanes of at least 4 members (excludes halogenated alkanes) is 12. The van der Waals surface area contributed by atoms with Crippen molar-refractivity contribution in [1.29, 1.82) is 0 Å². The number of carbonyl (C=O) groups excluding carboxylic acids is 1. The molecule has 7 atom stereocenters. The van der Waals surface area contributed by atoms with Crippen molar-refractivity contribution in [3.05, 3.63) is 36.5 Å². The van der Waals surface area contributed by atoms with Crippen molar-refractivity contribution in [1.82, 2.24) is 5.32 Å². The highest BCUT2D eigenvalue weighted by Crippen LogP contribution is 2.22. The zero-order valence-corrected chi connectivity index (χ0v) is 27.4. The van der Waals surface area contributed by atoms with E-state index in [1.165, 1.54) is 51.4 Å². The van der Waals surface area contributed by atoms with Crippen LogP contribution in [0.2, 0.25) is 0 Å². The van der Waals surface area contributed by atoms with Gasteiger partial charge in [0.1, 0.15) is 24.4 Å². The van der Waals surface area contributed by atoms with Crippen molar-refractivity contribution in [3.63, 3.8) is 0 Å². The largest absolute Gasteiger partial charge is 0.394 e. The van der Waals surface area contributed by atoms with E-state index in [9.17, 15) is 30.3 Å². The molecule has 0 aromatic rings.